The number of likely N-dealkylation sites (tertiary alicyclic amines) is 1. The van der Waals surface area contributed by atoms with Crippen molar-refractivity contribution in [2.75, 3.05) is 34.4 Å². The smallest absolute Gasteiger partial charge is 0.135 e. The summed E-state index contributed by atoms with van der Waals surface area (Å²) in [6.45, 7) is 0.758. The summed E-state index contributed by atoms with van der Waals surface area (Å²) in [5.41, 5.74) is 2.29. The van der Waals surface area contributed by atoms with Gasteiger partial charge < -0.3 is 24.6 Å². The summed E-state index contributed by atoms with van der Waals surface area (Å²) in [6, 6.07) is 9.63. The summed E-state index contributed by atoms with van der Waals surface area (Å²) in [6.07, 6.45) is 0.765. The van der Waals surface area contributed by atoms with Crippen LogP contribution >= 0.6 is 0 Å². The van der Waals surface area contributed by atoms with E-state index in [0.29, 0.717) is 39.6 Å². The number of hydrogen-bond acceptors (Lipinski definition) is 6. The Morgan fingerprint density at radius 3 is 2.61 bits per heavy atom. The Kier molecular flexibility index (Phi) is 5.84. The highest BCUT2D eigenvalue weighted by Gasteiger charge is 2.37. The number of aromatic nitrogens is 2. The van der Waals surface area contributed by atoms with Crippen LogP contribution in [0.1, 0.15) is 17.9 Å². The van der Waals surface area contributed by atoms with E-state index in [1.54, 1.807) is 30.3 Å². The van der Waals surface area contributed by atoms with Gasteiger partial charge in [0.1, 0.15) is 23.1 Å². The molecule has 2 atom stereocenters. The largest absolute Gasteiger partial charge is 0.507 e. The van der Waals surface area contributed by atoms with Crippen LogP contribution in [0.2, 0.25) is 0 Å². The number of nitrogens with zero attached hydrogens (tertiary/aromatic N) is 2. The third kappa shape index (κ3) is 3.62. The predicted molar refractivity (Wildman–Crippen MR) is 115 cm³/mol. The minimum Gasteiger partial charge on any atom is -0.507 e. The molecule has 164 valence electrons. The molecule has 1 fully saturated rings. The number of phenols is 1. The van der Waals surface area contributed by atoms with Crippen LogP contribution in [0, 0.1) is 5.82 Å². The van der Waals surface area contributed by atoms with E-state index in [1.807, 2.05) is 7.05 Å². The van der Waals surface area contributed by atoms with E-state index in [-0.39, 0.29) is 30.1 Å². The van der Waals surface area contributed by atoms with Crippen molar-refractivity contribution in [1.82, 2.24) is 15.1 Å². The monoisotopic (exact) mass is 427 g/mol. The number of methoxy groups -OCH3 is 2. The van der Waals surface area contributed by atoms with Gasteiger partial charge in [-0.2, -0.15) is 5.10 Å². The fourth-order valence-corrected chi connectivity index (χ4v) is 4.45. The molecule has 0 saturated carbocycles. The Hall–Kier alpha value is -3.10. The Balaban J connectivity index is 1.86. The van der Waals surface area contributed by atoms with Gasteiger partial charge in [-0.15, -0.1) is 0 Å². The molecular weight excluding hydrogens is 401 g/mol. The summed E-state index contributed by atoms with van der Waals surface area (Å²) in [5, 5.41) is 28.4. The molecule has 0 bridgehead atoms. The summed E-state index contributed by atoms with van der Waals surface area (Å²) >= 11 is 0. The highest BCUT2D eigenvalue weighted by atomic mass is 19.1. The van der Waals surface area contributed by atoms with Gasteiger partial charge in [0, 0.05) is 29.2 Å². The van der Waals surface area contributed by atoms with Gasteiger partial charge >= 0.3 is 0 Å². The van der Waals surface area contributed by atoms with Crippen molar-refractivity contribution in [3.63, 3.8) is 0 Å². The van der Waals surface area contributed by atoms with Crippen molar-refractivity contribution in [2.24, 2.45) is 0 Å². The SMILES string of the molecule is COc1cc(OC)c(C2CCN(C)C2CO)c(O)c1-c1cc(-c2ccccc2F)n[nH]1. The normalized spacial score (nSPS) is 19.0. The van der Waals surface area contributed by atoms with Gasteiger partial charge in [0.05, 0.1) is 37.8 Å². The fraction of sp³-hybridized carbons (Fsp3) is 0.348. The highest BCUT2D eigenvalue weighted by Crippen LogP contribution is 2.50. The van der Waals surface area contributed by atoms with E-state index in [9.17, 15) is 14.6 Å². The third-order valence-corrected chi connectivity index (χ3v) is 6.08. The third-order valence-electron chi connectivity index (χ3n) is 6.08. The van der Waals surface area contributed by atoms with Gasteiger partial charge in [0.2, 0.25) is 0 Å². The van der Waals surface area contributed by atoms with Gasteiger partial charge in [-0.1, -0.05) is 12.1 Å². The van der Waals surface area contributed by atoms with E-state index >= 15 is 0 Å². The van der Waals surface area contributed by atoms with Crippen LogP contribution in [0.15, 0.2) is 36.4 Å². The summed E-state index contributed by atoms with van der Waals surface area (Å²) in [5.74, 6) is 0.383. The lowest BCUT2D eigenvalue weighted by Crippen LogP contribution is -2.32. The molecule has 1 saturated heterocycles. The summed E-state index contributed by atoms with van der Waals surface area (Å²) < 4.78 is 25.3. The number of H-pyrrole nitrogens is 1. The zero-order valence-electron chi connectivity index (χ0n) is 17.7. The van der Waals surface area contributed by atoms with Crippen LogP contribution in [0.4, 0.5) is 4.39 Å². The molecule has 2 aromatic carbocycles. The Morgan fingerprint density at radius 1 is 1.19 bits per heavy atom. The van der Waals surface area contributed by atoms with Crippen molar-refractivity contribution in [2.45, 2.75) is 18.4 Å². The van der Waals surface area contributed by atoms with Gasteiger partial charge in [0.15, 0.2) is 0 Å². The minimum absolute atomic E-state index is 0.00122. The molecule has 8 heteroatoms. The average molecular weight is 427 g/mol. The van der Waals surface area contributed by atoms with Crippen molar-refractivity contribution in [1.29, 1.82) is 0 Å². The minimum atomic E-state index is -0.382. The number of rotatable bonds is 6. The summed E-state index contributed by atoms with van der Waals surface area (Å²) in [4.78, 5) is 2.07. The van der Waals surface area contributed by atoms with Gasteiger partial charge in [0.25, 0.3) is 0 Å². The number of aliphatic hydroxyl groups excluding tert-OH is 1. The van der Waals surface area contributed by atoms with Gasteiger partial charge in [-0.05, 0) is 38.2 Å². The van der Waals surface area contributed by atoms with E-state index < -0.39 is 0 Å². The molecular formula is C23H26FN3O4. The molecule has 3 aromatic rings. The number of halogens is 1. The van der Waals surface area contributed by atoms with Crippen molar-refractivity contribution >= 4 is 0 Å². The molecule has 31 heavy (non-hydrogen) atoms. The first-order valence-corrected chi connectivity index (χ1v) is 10.1. The number of aromatic amines is 1. The van der Waals surface area contributed by atoms with Crippen molar-refractivity contribution < 1.29 is 24.1 Å². The molecule has 0 amide bonds. The van der Waals surface area contributed by atoms with Crippen LogP contribution < -0.4 is 9.47 Å². The average Bonchev–Trinajstić information content (AvgIpc) is 3.39. The van der Waals surface area contributed by atoms with E-state index in [2.05, 4.69) is 15.1 Å². The number of nitrogens with one attached hydrogen (secondary N) is 1. The Morgan fingerprint density at radius 2 is 1.94 bits per heavy atom. The fourth-order valence-electron chi connectivity index (χ4n) is 4.45. The maximum absolute atomic E-state index is 14.2. The molecule has 1 aliphatic heterocycles. The second-order valence-corrected chi connectivity index (χ2v) is 7.69. The first kappa shape index (κ1) is 21.1. The molecule has 0 spiro atoms. The van der Waals surface area contributed by atoms with Crippen LogP contribution in [-0.2, 0) is 0 Å². The number of benzene rings is 2. The number of aliphatic hydroxyl groups is 1. The topological polar surface area (TPSA) is 90.8 Å². The standard InChI is InChI=1S/C23H26FN3O4/c1-27-9-8-14(18(27)12-28)21-19(30-2)11-20(31-3)22(23(21)29)17-10-16(25-26-17)13-6-4-5-7-15(13)24/h4-7,10-11,14,18,28-29H,8-9,12H2,1-3H3,(H,25,26). The molecule has 1 aromatic heterocycles. The van der Waals surface area contributed by atoms with E-state index in [1.165, 1.54) is 20.3 Å². The first-order valence-electron chi connectivity index (χ1n) is 10.1. The predicted octanol–water partition coefficient (Wildman–Crippen LogP) is 3.39. The Labute approximate surface area is 180 Å². The lowest BCUT2D eigenvalue weighted by molar-refractivity contribution is 0.171. The number of phenolic OH excluding ortho intramolecular Hbond substituents is 1. The highest BCUT2D eigenvalue weighted by molar-refractivity contribution is 5.80. The number of hydrogen-bond donors (Lipinski definition) is 3. The molecule has 4 rings (SSSR count). The number of ether oxygens (including phenoxy) is 2. The molecule has 1 aliphatic rings. The Bertz CT molecular complexity index is 1080. The van der Waals surface area contributed by atoms with Crippen LogP contribution in [-0.4, -0.2) is 65.8 Å². The van der Waals surface area contributed by atoms with Crippen LogP contribution in [0.5, 0.6) is 17.2 Å². The number of aromatic hydroxyl groups is 1. The lowest BCUT2D eigenvalue weighted by Gasteiger charge is -2.26. The maximum Gasteiger partial charge on any atom is 0.135 e. The van der Waals surface area contributed by atoms with Gasteiger partial charge in [-0.25, -0.2) is 4.39 Å². The molecule has 2 heterocycles. The van der Waals surface area contributed by atoms with Gasteiger partial charge in [-0.3, -0.25) is 5.10 Å². The zero-order valence-corrected chi connectivity index (χ0v) is 17.7. The molecule has 7 nitrogen and oxygen atoms in total. The maximum atomic E-state index is 14.2. The first-order chi connectivity index (χ1) is 15.0. The molecule has 2 unspecified atom stereocenters. The van der Waals surface area contributed by atoms with Crippen molar-refractivity contribution in [3.8, 4) is 39.8 Å². The molecule has 0 aliphatic carbocycles. The lowest BCUT2D eigenvalue weighted by atomic mass is 9.88. The quantitative estimate of drug-likeness (QED) is 0.559. The van der Waals surface area contributed by atoms with Crippen LogP contribution in [0.25, 0.3) is 22.5 Å². The molecule has 0 radical (unpaired) electrons. The molecule has 3 N–H and O–H groups in total. The summed E-state index contributed by atoms with van der Waals surface area (Å²) in [7, 11) is 4.99. The van der Waals surface area contributed by atoms with E-state index in [4.69, 9.17) is 9.47 Å². The zero-order chi connectivity index (χ0) is 22.1. The number of likely N-dealkylation sites (N-methyl/N-ethyl adjacent to an activating group) is 1. The van der Waals surface area contributed by atoms with Crippen molar-refractivity contribution in [3.05, 3.63) is 47.8 Å². The van der Waals surface area contributed by atoms with Crippen LogP contribution in [0.3, 0.4) is 0 Å². The van der Waals surface area contributed by atoms with E-state index in [0.717, 1.165) is 13.0 Å². The second-order valence-electron chi connectivity index (χ2n) is 7.69. The second kappa shape index (κ2) is 8.56.